The molecular weight excluding hydrogens is 518 g/mol. The quantitative estimate of drug-likeness (QED) is 0.217. The van der Waals surface area contributed by atoms with E-state index in [0.717, 1.165) is 57.1 Å². The van der Waals surface area contributed by atoms with Gasteiger partial charge in [0.1, 0.15) is 0 Å². The maximum absolute atomic E-state index is 6.27. The number of para-hydroxylation sites is 8. The number of aryl methyl sites for hydroxylation is 1. The van der Waals surface area contributed by atoms with Gasteiger partial charge in [0.05, 0.1) is 22.7 Å². The smallest absolute Gasteiger partial charge is 0.151 e. The van der Waals surface area contributed by atoms with Gasteiger partial charge in [0, 0.05) is 40.2 Å². The van der Waals surface area contributed by atoms with Gasteiger partial charge in [-0.25, -0.2) is 0 Å². The lowest BCUT2D eigenvalue weighted by Gasteiger charge is -2.33. The molecule has 200 valence electrons. The van der Waals surface area contributed by atoms with Gasteiger partial charge in [-0.15, -0.1) is 0 Å². The van der Waals surface area contributed by atoms with Gasteiger partial charge in [0.25, 0.3) is 0 Å². The molecule has 0 unspecified atom stereocenters. The average Bonchev–Trinajstić information content (AvgIpc) is 3.32. The zero-order chi connectivity index (χ0) is 27.8. The van der Waals surface area contributed by atoms with E-state index in [4.69, 9.17) is 9.47 Å². The Balaban J connectivity index is 1.26. The van der Waals surface area contributed by atoms with Gasteiger partial charge in [-0.1, -0.05) is 48.5 Å². The SMILES string of the molecule is Cn1c2ccc(N3c4ccccc4Oc4ccccc43)cc2c2cc(N3c4ccccc4Oc4ccccc43)ccc21. The summed E-state index contributed by atoms with van der Waals surface area (Å²) in [6.45, 7) is 0. The van der Waals surface area contributed by atoms with Crippen LogP contribution in [0.1, 0.15) is 0 Å². The molecule has 2 aliphatic rings. The summed E-state index contributed by atoms with van der Waals surface area (Å²) in [4.78, 5) is 4.59. The summed E-state index contributed by atoms with van der Waals surface area (Å²) in [6, 6.07) is 46.3. The minimum absolute atomic E-state index is 0.848. The van der Waals surface area contributed by atoms with E-state index in [1.54, 1.807) is 0 Å². The Labute approximate surface area is 243 Å². The number of ether oxygens (including phenoxy) is 2. The molecule has 0 atom stereocenters. The summed E-state index contributed by atoms with van der Waals surface area (Å²) in [5.74, 6) is 3.39. The van der Waals surface area contributed by atoms with Gasteiger partial charge in [-0.2, -0.15) is 0 Å². The van der Waals surface area contributed by atoms with E-state index in [9.17, 15) is 0 Å². The van der Waals surface area contributed by atoms with Crippen LogP contribution >= 0.6 is 0 Å². The number of hydrogen-bond acceptors (Lipinski definition) is 4. The molecule has 0 saturated heterocycles. The molecule has 0 bridgehead atoms. The zero-order valence-electron chi connectivity index (χ0n) is 22.9. The van der Waals surface area contributed by atoms with Crippen molar-refractivity contribution >= 4 is 55.9 Å². The second-order valence-electron chi connectivity index (χ2n) is 10.7. The van der Waals surface area contributed by atoms with Crippen molar-refractivity contribution in [1.82, 2.24) is 4.57 Å². The van der Waals surface area contributed by atoms with Crippen LogP contribution in [0.25, 0.3) is 21.8 Å². The van der Waals surface area contributed by atoms with E-state index in [1.165, 1.54) is 21.8 Å². The molecule has 5 nitrogen and oxygen atoms in total. The third kappa shape index (κ3) is 3.25. The van der Waals surface area contributed by atoms with Crippen LogP contribution in [-0.4, -0.2) is 4.57 Å². The topological polar surface area (TPSA) is 29.9 Å². The third-order valence-corrected chi connectivity index (χ3v) is 8.35. The molecule has 0 N–H and O–H groups in total. The minimum atomic E-state index is 0.848. The number of hydrogen-bond donors (Lipinski definition) is 0. The van der Waals surface area contributed by atoms with Gasteiger partial charge in [-0.3, -0.25) is 0 Å². The molecule has 6 aromatic carbocycles. The lowest BCUT2D eigenvalue weighted by atomic mass is 10.1. The highest BCUT2D eigenvalue weighted by molar-refractivity contribution is 6.11. The van der Waals surface area contributed by atoms with Crippen LogP contribution in [0.4, 0.5) is 34.1 Å². The number of fused-ring (bicyclic) bond motifs is 7. The minimum Gasteiger partial charge on any atom is -0.453 e. The molecule has 0 spiro atoms. The Morgan fingerprint density at radius 3 is 1.10 bits per heavy atom. The Bertz CT molecular complexity index is 1950. The van der Waals surface area contributed by atoms with Crippen LogP contribution in [0, 0.1) is 0 Å². The summed E-state index contributed by atoms with van der Waals surface area (Å²) in [5, 5.41) is 2.39. The number of aromatic nitrogens is 1. The van der Waals surface area contributed by atoms with Crippen molar-refractivity contribution in [3.63, 3.8) is 0 Å². The summed E-state index contributed by atoms with van der Waals surface area (Å²) in [7, 11) is 2.14. The Hall–Kier alpha value is -5.68. The molecular formula is C37H25N3O2. The van der Waals surface area contributed by atoms with Gasteiger partial charge in [-0.05, 0) is 84.9 Å². The molecule has 2 aliphatic heterocycles. The van der Waals surface area contributed by atoms with E-state index < -0.39 is 0 Å². The lowest BCUT2D eigenvalue weighted by molar-refractivity contribution is 0.477. The normalized spacial score (nSPS) is 13.2. The van der Waals surface area contributed by atoms with Crippen molar-refractivity contribution in [2.75, 3.05) is 9.80 Å². The number of anilines is 6. The van der Waals surface area contributed by atoms with Crippen molar-refractivity contribution in [3.05, 3.63) is 133 Å². The fourth-order valence-corrected chi connectivity index (χ4v) is 6.44. The number of nitrogens with zero attached hydrogens (tertiary/aromatic N) is 3. The summed E-state index contributed by atoms with van der Waals surface area (Å²) in [6.07, 6.45) is 0. The van der Waals surface area contributed by atoms with E-state index in [2.05, 4.69) is 106 Å². The monoisotopic (exact) mass is 543 g/mol. The summed E-state index contributed by atoms with van der Waals surface area (Å²) < 4.78 is 14.8. The number of benzene rings is 6. The van der Waals surface area contributed by atoms with E-state index in [1.807, 2.05) is 48.5 Å². The first-order valence-corrected chi connectivity index (χ1v) is 14.1. The molecule has 0 fully saturated rings. The highest BCUT2D eigenvalue weighted by Crippen LogP contribution is 2.52. The van der Waals surface area contributed by atoms with E-state index >= 15 is 0 Å². The van der Waals surface area contributed by atoms with E-state index in [0.29, 0.717) is 0 Å². The molecule has 42 heavy (non-hydrogen) atoms. The second-order valence-corrected chi connectivity index (χ2v) is 10.7. The number of rotatable bonds is 2. The molecule has 0 saturated carbocycles. The maximum Gasteiger partial charge on any atom is 0.151 e. The summed E-state index contributed by atoms with van der Waals surface area (Å²) >= 11 is 0. The van der Waals surface area contributed by atoms with Crippen molar-refractivity contribution in [2.45, 2.75) is 0 Å². The van der Waals surface area contributed by atoms with Crippen LogP contribution in [-0.2, 0) is 7.05 Å². The van der Waals surface area contributed by atoms with Gasteiger partial charge in [0.2, 0.25) is 0 Å². The summed E-state index contributed by atoms with van der Waals surface area (Å²) in [5.41, 5.74) is 8.65. The molecule has 7 aromatic rings. The van der Waals surface area contributed by atoms with Crippen LogP contribution < -0.4 is 19.3 Å². The first kappa shape index (κ1) is 23.1. The molecule has 0 amide bonds. The molecule has 0 radical (unpaired) electrons. The second kappa shape index (κ2) is 8.66. The van der Waals surface area contributed by atoms with Crippen LogP contribution in [0.3, 0.4) is 0 Å². The van der Waals surface area contributed by atoms with Crippen molar-refractivity contribution in [2.24, 2.45) is 7.05 Å². The molecule has 5 heteroatoms. The van der Waals surface area contributed by atoms with Gasteiger partial charge >= 0.3 is 0 Å². The fraction of sp³-hybridized carbons (Fsp3) is 0.0270. The van der Waals surface area contributed by atoms with Crippen LogP contribution in [0.2, 0.25) is 0 Å². The lowest BCUT2D eigenvalue weighted by Crippen LogP contribution is -2.15. The van der Waals surface area contributed by atoms with Gasteiger partial charge in [0.15, 0.2) is 23.0 Å². The fourth-order valence-electron chi connectivity index (χ4n) is 6.44. The van der Waals surface area contributed by atoms with Crippen molar-refractivity contribution < 1.29 is 9.47 Å². The average molecular weight is 544 g/mol. The van der Waals surface area contributed by atoms with E-state index in [-0.39, 0.29) is 0 Å². The first-order valence-electron chi connectivity index (χ1n) is 14.1. The van der Waals surface area contributed by atoms with Crippen LogP contribution in [0.15, 0.2) is 133 Å². The molecule has 3 heterocycles. The predicted octanol–water partition coefficient (Wildman–Crippen LogP) is 10.5. The first-order chi connectivity index (χ1) is 20.7. The largest absolute Gasteiger partial charge is 0.453 e. The Morgan fingerprint density at radius 2 is 0.738 bits per heavy atom. The third-order valence-electron chi connectivity index (χ3n) is 8.35. The highest BCUT2D eigenvalue weighted by atomic mass is 16.5. The van der Waals surface area contributed by atoms with Crippen molar-refractivity contribution in [3.8, 4) is 23.0 Å². The highest BCUT2D eigenvalue weighted by Gasteiger charge is 2.27. The van der Waals surface area contributed by atoms with Crippen LogP contribution in [0.5, 0.6) is 23.0 Å². The Kier molecular flexibility index (Phi) is 4.75. The Morgan fingerprint density at radius 1 is 0.405 bits per heavy atom. The van der Waals surface area contributed by atoms with Crippen molar-refractivity contribution in [1.29, 1.82) is 0 Å². The van der Waals surface area contributed by atoms with Gasteiger partial charge < -0.3 is 23.8 Å². The standard InChI is InChI=1S/C37H25N3O2/c1-38-28-20-18-24(39-30-10-2-6-14-34(30)41-35-15-7-3-11-31(35)39)22-26(28)27-23-25(19-21-29(27)38)40-32-12-4-8-16-36(32)42-37-17-9-5-13-33(37)40/h2-23H,1H3. The molecule has 0 aliphatic carbocycles. The molecule has 9 rings (SSSR count). The molecule has 1 aromatic heterocycles. The predicted molar refractivity (Wildman–Crippen MR) is 170 cm³/mol. The zero-order valence-corrected chi connectivity index (χ0v) is 22.9. The maximum atomic E-state index is 6.27.